The Morgan fingerprint density at radius 3 is 1.80 bits per heavy atom. The number of hydrogen-bond acceptors (Lipinski definition) is 4. The summed E-state index contributed by atoms with van der Waals surface area (Å²) in [5.74, 6) is -0.998. The van der Waals surface area contributed by atoms with Crippen molar-refractivity contribution in [2.45, 2.75) is 13.8 Å². The molecule has 0 radical (unpaired) electrons. The van der Waals surface area contributed by atoms with Crippen LogP contribution in [0.4, 0.5) is 0 Å². The first-order valence-electron chi connectivity index (χ1n) is 3.23. The largest absolute Gasteiger partial charge is 0.391 e. The number of morpholine rings is 1. The van der Waals surface area contributed by atoms with Gasteiger partial charge < -0.3 is 4.74 Å². The summed E-state index contributed by atoms with van der Waals surface area (Å²) in [5, 5.41) is 2.56. The van der Waals surface area contributed by atoms with E-state index in [1.54, 1.807) is 0 Å². The number of carbonyl (C=O) groups excluding carboxylic acids is 2. The molecule has 0 unspecified atom stereocenters. The fourth-order valence-corrected chi connectivity index (χ4v) is 0.466. The second-order valence-corrected chi connectivity index (χ2v) is 1.45. The van der Waals surface area contributed by atoms with E-state index in [2.05, 4.69) is 10.1 Å². The molecular weight excluding hydrogens is 134 g/mol. The zero-order chi connectivity index (χ0) is 7.98. The SMILES string of the molecule is CC.O=C1CNCC(=O)O1. The van der Waals surface area contributed by atoms with Crippen LogP contribution in [-0.4, -0.2) is 25.0 Å². The van der Waals surface area contributed by atoms with Crippen LogP contribution in [0, 0.1) is 0 Å². The fourth-order valence-electron chi connectivity index (χ4n) is 0.466. The zero-order valence-corrected chi connectivity index (χ0v) is 6.14. The lowest BCUT2D eigenvalue weighted by Gasteiger charge is -2.08. The molecule has 0 atom stereocenters. The van der Waals surface area contributed by atoms with E-state index < -0.39 is 11.9 Å². The first-order valence-corrected chi connectivity index (χ1v) is 3.23. The monoisotopic (exact) mass is 145 g/mol. The summed E-state index contributed by atoms with van der Waals surface area (Å²) in [4.78, 5) is 20.3. The molecule has 0 aromatic heterocycles. The highest BCUT2D eigenvalue weighted by molar-refractivity contribution is 5.89. The predicted molar refractivity (Wildman–Crippen MR) is 35.3 cm³/mol. The van der Waals surface area contributed by atoms with Crippen LogP contribution >= 0.6 is 0 Å². The number of cyclic esters (lactones) is 2. The standard InChI is InChI=1S/C4H5NO3.C2H6/c6-3-1-5-2-4(7)8-3;1-2/h5H,1-2H2;1-2H3. The predicted octanol–water partition coefficient (Wildman–Crippen LogP) is -0.314. The van der Waals surface area contributed by atoms with Crippen molar-refractivity contribution in [3.8, 4) is 0 Å². The average Bonchev–Trinajstić information content (AvgIpc) is 1.91. The fraction of sp³-hybridized carbons (Fsp3) is 0.667. The lowest BCUT2D eigenvalue weighted by molar-refractivity contribution is -0.161. The third kappa shape index (κ3) is 3.19. The van der Waals surface area contributed by atoms with Gasteiger partial charge in [-0.1, -0.05) is 13.8 Å². The third-order valence-corrected chi connectivity index (χ3v) is 0.766. The Balaban J connectivity index is 0.000000371. The van der Waals surface area contributed by atoms with Gasteiger partial charge in [-0.2, -0.15) is 0 Å². The number of hydrogen-bond donors (Lipinski definition) is 1. The summed E-state index contributed by atoms with van der Waals surface area (Å²) >= 11 is 0. The van der Waals surface area contributed by atoms with Crippen LogP contribution in [0.15, 0.2) is 0 Å². The molecule has 1 aliphatic heterocycles. The molecule has 0 aromatic rings. The summed E-state index contributed by atoms with van der Waals surface area (Å²) in [5.41, 5.74) is 0. The van der Waals surface area contributed by atoms with Gasteiger partial charge in [0.15, 0.2) is 0 Å². The Morgan fingerprint density at radius 2 is 1.60 bits per heavy atom. The Morgan fingerprint density at radius 1 is 1.20 bits per heavy atom. The van der Waals surface area contributed by atoms with Crippen molar-refractivity contribution in [1.82, 2.24) is 5.32 Å². The molecule has 4 nitrogen and oxygen atoms in total. The van der Waals surface area contributed by atoms with Crippen molar-refractivity contribution < 1.29 is 14.3 Å². The first-order chi connectivity index (χ1) is 4.79. The molecular formula is C6H11NO3. The van der Waals surface area contributed by atoms with Crippen LogP contribution in [-0.2, 0) is 14.3 Å². The molecule has 0 aliphatic carbocycles. The first kappa shape index (κ1) is 9.10. The van der Waals surface area contributed by atoms with Crippen molar-refractivity contribution in [3.05, 3.63) is 0 Å². The van der Waals surface area contributed by atoms with E-state index >= 15 is 0 Å². The van der Waals surface area contributed by atoms with Crippen molar-refractivity contribution in [2.75, 3.05) is 13.1 Å². The molecule has 58 valence electrons. The van der Waals surface area contributed by atoms with E-state index in [0.29, 0.717) is 0 Å². The van der Waals surface area contributed by atoms with Gasteiger partial charge >= 0.3 is 11.9 Å². The molecule has 0 saturated carbocycles. The molecule has 4 heteroatoms. The van der Waals surface area contributed by atoms with Gasteiger partial charge in [0, 0.05) is 0 Å². The van der Waals surface area contributed by atoms with Crippen LogP contribution in [0.3, 0.4) is 0 Å². The molecule has 0 amide bonds. The van der Waals surface area contributed by atoms with Gasteiger partial charge in [-0.15, -0.1) is 0 Å². The van der Waals surface area contributed by atoms with E-state index in [4.69, 9.17) is 0 Å². The van der Waals surface area contributed by atoms with Gasteiger partial charge in [0.1, 0.15) is 0 Å². The Bertz CT molecular complexity index is 119. The molecule has 1 N–H and O–H groups in total. The van der Waals surface area contributed by atoms with Crippen molar-refractivity contribution in [1.29, 1.82) is 0 Å². The maximum atomic E-state index is 10.2. The molecule has 1 aliphatic rings. The lowest BCUT2D eigenvalue weighted by atomic mass is 10.5. The molecule has 0 bridgehead atoms. The molecule has 1 saturated heterocycles. The highest BCUT2D eigenvalue weighted by atomic mass is 16.6. The second kappa shape index (κ2) is 4.93. The summed E-state index contributed by atoms with van der Waals surface area (Å²) in [7, 11) is 0. The van der Waals surface area contributed by atoms with Crippen molar-refractivity contribution in [2.24, 2.45) is 0 Å². The normalized spacial score (nSPS) is 17.0. The van der Waals surface area contributed by atoms with Gasteiger partial charge in [0.25, 0.3) is 0 Å². The van der Waals surface area contributed by atoms with E-state index in [1.807, 2.05) is 13.8 Å². The molecule has 1 rings (SSSR count). The maximum Gasteiger partial charge on any atom is 0.327 e. The number of ether oxygens (including phenoxy) is 1. The number of carbonyl (C=O) groups is 2. The maximum absolute atomic E-state index is 10.2. The van der Waals surface area contributed by atoms with Crippen LogP contribution in [0.25, 0.3) is 0 Å². The van der Waals surface area contributed by atoms with Crippen LogP contribution < -0.4 is 5.32 Å². The van der Waals surface area contributed by atoms with E-state index in [9.17, 15) is 9.59 Å². The van der Waals surface area contributed by atoms with Crippen LogP contribution in [0.2, 0.25) is 0 Å². The van der Waals surface area contributed by atoms with Crippen molar-refractivity contribution >= 4 is 11.9 Å². The Kier molecular flexibility index (Phi) is 4.49. The van der Waals surface area contributed by atoms with E-state index in [-0.39, 0.29) is 13.1 Å². The number of esters is 2. The quantitative estimate of drug-likeness (QED) is 0.375. The second-order valence-electron chi connectivity index (χ2n) is 1.45. The highest BCUT2D eigenvalue weighted by Gasteiger charge is 2.15. The minimum absolute atomic E-state index is 0.145. The van der Waals surface area contributed by atoms with Gasteiger partial charge in [0.05, 0.1) is 13.1 Å². The highest BCUT2D eigenvalue weighted by Crippen LogP contribution is 1.83. The third-order valence-electron chi connectivity index (χ3n) is 0.766. The molecule has 1 fully saturated rings. The van der Waals surface area contributed by atoms with Crippen LogP contribution in [0.1, 0.15) is 13.8 Å². The van der Waals surface area contributed by atoms with Crippen molar-refractivity contribution in [3.63, 3.8) is 0 Å². The lowest BCUT2D eigenvalue weighted by Crippen LogP contribution is -2.38. The van der Waals surface area contributed by atoms with Crippen LogP contribution in [0.5, 0.6) is 0 Å². The summed E-state index contributed by atoms with van der Waals surface area (Å²) in [6.45, 7) is 4.29. The van der Waals surface area contributed by atoms with Gasteiger partial charge in [-0.05, 0) is 0 Å². The number of nitrogens with one attached hydrogen (secondary N) is 1. The minimum atomic E-state index is -0.499. The van der Waals surface area contributed by atoms with Gasteiger partial charge in [0.2, 0.25) is 0 Å². The van der Waals surface area contributed by atoms with E-state index in [0.717, 1.165) is 0 Å². The summed E-state index contributed by atoms with van der Waals surface area (Å²) < 4.78 is 4.15. The topological polar surface area (TPSA) is 55.4 Å². The molecule has 10 heavy (non-hydrogen) atoms. The van der Waals surface area contributed by atoms with Gasteiger partial charge in [-0.25, -0.2) is 0 Å². The van der Waals surface area contributed by atoms with Gasteiger partial charge in [-0.3, -0.25) is 14.9 Å². The summed E-state index contributed by atoms with van der Waals surface area (Å²) in [6, 6.07) is 0. The smallest absolute Gasteiger partial charge is 0.327 e. The zero-order valence-electron chi connectivity index (χ0n) is 6.14. The molecule has 0 aromatic carbocycles. The Labute approximate surface area is 59.6 Å². The number of rotatable bonds is 0. The average molecular weight is 145 g/mol. The molecule has 1 heterocycles. The minimum Gasteiger partial charge on any atom is -0.391 e. The van der Waals surface area contributed by atoms with E-state index in [1.165, 1.54) is 0 Å². The molecule has 0 spiro atoms. The summed E-state index contributed by atoms with van der Waals surface area (Å²) in [6.07, 6.45) is 0. The Hall–Kier alpha value is -0.900.